The van der Waals surface area contributed by atoms with E-state index in [0.717, 1.165) is 0 Å². The molecule has 0 saturated carbocycles. The number of carbonyl (C=O) groups excluding carboxylic acids is 1. The first kappa shape index (κ1) is 17.8. The summed E-state index contributed by atoms with van der Waals surface area (Å²) in [7, 11) is -3.64. The van der Waals surface area contributed by atoms with Crippen LogP contribution in [-0.2, 0) is 10.0 Å². The van der Waals surface area contributed by atoms with E-state index >= 15 is 0 Å². The van der Waals surface area contributed by atoms with Crippen LogP contribution in [0.4, 0.5) is 0 Å². The number of carbonyl (C=O) groups is 1. The molecule has 1 aromatic carbocycles. The maximum absolute atomic E-state index is 12.2. The van der Waals surface area contributed by atoms with E-state index in [1.54, 1.807) is 0 Å². The second-order valence-electron chi connectivity index (χ2n) is 5.27. The average Bonchev–Trinajstić information content (AvgIpc) is 2.49. The van der Waals surface area contributed by atoms with Crippen LogP contribution in [0.25, 0.3) is 0 Å². The van der Waals surface area contributed by atoms with Crippen molar-refractivity contribution in [3.63, 3.8) is 0 Å². The van der Waals surface area contributed by atoms with Gasteiger partial charge in [-0.15, -0.1) is 0 Å². The van der Waals surface area contributed by atoms with Crippen molar-refractivity contribution in [1.82, 2.24) is 4.72 Å². The predicted octanol–water partition coefficient (Wildman–Crippen LogP) is 1.97. The van der Waals surface area contributed by atoms with Gasteiger partial charge >= 0.3 is 0 Å². The molecule has 0 aliphatic rings. The van der Waals surface area contributed by atoms with Gasteiger partial charge in [-0.3, -0.25) is 4.79 Å². The zero-order chi connectivity index (χ0) is 16.1. The molecule has 0 radical (unpaired) electrons. The molecule has 0 aliphatic carbocycles. The van der Waals surface area contributed by atoms with Gasteiger partial charge in [-0.1, -0.05) is 26.0 Å². The van der Waals surface area contributed by atoms with Crippen molar-refractivity contribution < 1.29 is 18.3 Å². The van der Waals surface area contributed by atoms with E-state index < -0.39 is 15.4 Å². The van der Waals surface area contributed by atoms with E-state index in [1.807, 2.05) is 13.8 Å². The zero-order valence-electron chi connectivity index (χ0n) is 12.7. The minimum absolute atomic E-state index is 0.0637. The van der Waals surface area contributed by atoms with Crippen LogP contribution in [0.5, 0.6) is 0 Å². The molecule has 0 aliphatic heterocycles. The summed E-state index contributed by atoms with van der Waals surface area (Å²) in [5, 5.41) is 9.47. The molecule has 1 aromatic rings. The van der Waals surface area contributed by atoms with Gasteiger partial charge in [-0.05, 0) is 31.9 Å². The lowest BCUT2D eigenvalue weighted by atomic mass is 9.84. The Balaban J connectivity index is 2.89. The van der Waals surface area contributed by atoms with Gasteiger partial charge in [-0.2, -0.15) is 0 Å². The maximum atomic E-state index is 12.2. The van der Waals surface area contributed by atoms with Crippen molar-refractivity contribution in [2.45, 2.75) is 38.5 Å². The van der Waals surface area contributed by atoms with Crippen LogP contribution in [0.2, 0.25) is 0 Å². The lowest BCUT2D eigenvalue weighted by Crippen LogP contribution is -2.39. The summed E-state index contributed by atoms with van der Waals surface area (Å²) in [6, 6.07) is 5.82. The van der Waals surface area contributed by atoms with Crippen molar-refractivity contribution in [3.8, 4) is 0 Å². The fourth-order valence-corrected chi connectivity index (χ4v) is 3.14. The van der Waals surface area contributed by atoms with Crippen molar-refractivity contribution in [2.24, 2.45) is 5.41 Å². The van der Waals surface area contributed by atoms with E-state index in [-0.39, 0.29) is 23.8 Å². The van der Waals surface area contributed by atoms with Gasteiger partial charge in [0, 0.05) is 24.1 Å². The Hall–Kier alpha value is -1.24. The monoisotopic (exact) mass is 313 g/mol. The molecule has 0 unspecified atom stereocenters. The minimum atomic E-state index is -3.64. The van der Waals surface area contributed by atoms with E-state index in [2.05, 4.69) is 4.72 Å². The molecule has 21 heavy (non-hydrogen) atoms. The molecule has 0 saturated heterocycles. The summed E-state index contributed by atoms with van der Waals surface area (Å²) in [4.78, 5) is 11.3. The summed E-state index contributed by atoms with van der Waals surface area (Å²) in [5.41, 5.74) is 0.0348. The molecule has 0 spiro atoms. The highest BCUT2D eigenvalue weighted by Gasteiger charge is 2.27. The molecule has 118 valence electrons. The number of hydrogen-bond donors (Lipinski definition) is 2. The highest BCUT2D eigenvalue weighted by atomic mass is 32.2. The minimum Gasteiger partial charge on any atom is -0.396 e. The molecule has 0 bridgehead atoms. The molecule has 0 heterocycles. The number of hydrogen-bond acceptors (Lipinski definition) is 4. The zero-order valence-corrected chi connectivity index (χ0v) is 13.5. The molecule has 0 aromatic heterocycles. The van der Waals surface area contributed by atoms with Gasteiger partial charge in [0.15, 0.2) is 5.78 Å². The average molecular weight is 313 g/mol. The lowest BCUT2D eigenvalue weighted by molar-refractivity contribution is 0.101. The van der Waals surface area contributed by atoms with Crippen LogP contribution in [0.1, 0.15) is 44.0 Å². The lowest BCUT2D eigenvalue weighted by Gasteiger charge is -2.29. The van der Waals surface area contributed by atoms with Crippen molar-refractivity contribution >= 4 is 15.8 Å². The standard InChI is InChI=1S/C15H23NO4S/c1-4-15(5-2,11-17)10-16-21(19,20)14-8-6-13(7-9-14)12(3)18/h6-9,16-17H,4-5,10-11H2,1-3H3. The Morgan fingerprint density at radius 1 is 1.19 bits per heavy atom. The number of ketones is 1. The summed E-state index contributed by atoms with van der Waals surface area (Å²) in [6.07, 6.45) is 1.37. The van der Waals surface area contributed by atoms with Crippen LogP contribution < -0.4 is 4.72 Å². The first-order chi connectivity index (χ1) is 9.80. The van der Waals surface area contributed by atoms with Gasteiger partial charge in [0.1, 0.15) is 0 Å². The molecular weight excluding hydrogens is 290 g/mol. The number of rotatable bonds is 8. The van der Waals surface area contributed by atoms with E-state index in [4.69, 9.17) is 0 Å². The molecule has 0 amide bonds. The molecule has 6 heteroatoms. The van der Waals surface area contributed by atoms with E-state index in [9.17, 15) is 18.3 Å². The van der Waals surface area contributed by atoms with Crippen molar-refractivity contribution in [3.05, 3.63) is 29.8 Å². The van der Waals surface area contributed by atoms with Gasteiger partial charge in [0.05, 0.1) is 4.90 Å². The van der Waals surface area contributed by atoms with Crippen LogP contribution in [-0.4, -0.2) is 32.5 Å². The quantitative estimate of drug-likeness (QED) is 0.719. The Morgan fingerprint density at radius 2 is 1.71 bits per heavy atom. The normalized spacial score (nSPS) is 12.4. The number of benzene rings is 1. The molecule has 0 atom stereocenters. The Labute approximate surface area is 126 Å². The third kappa shape index (κ3) is 4.36. The summed E-state index contributed by atoms with van der Waals surface area (Å²) in [5.74, 6) is -0.108. The third-order valence-electron chi connectivity index (χ3n) is 4.04. The molecule has 1 rings (SSSR count). The first-order valence-corrected chi connectivity index (χ1v) is 8.50. The summed E-state index contributed by atoms with van der Waals surface area (Å²) in [6.45, 7) is 5.41. The van der Waals surface area contributed by atoms with Crippen LogP contribution in [0.3, 0.4) is 0 Å². The fraction of sp³-hybridized carbons (Fsp3) is 0.533. The SMILES string of the molecule is CCC(CC)(CO)CNS(=O)(=O)c1ccc(C(C)=O)cc1. The topological polar surface area (TPSA) is 83.5 Å². The number of nitrogens with one attached hydrogen (secondary N) is 1. The number of aliphatic hydroxyl groups excluding tert-OH is 1. The second-order valence-corrected chi connectivity index (χ2v) is 7.04. The fourth-order valence-electron chi connectivity index (χ4n) is 1.98. The highest BCUT2D eigenvalue weighted by molar-refractivity contribution is 7.89. The number of Topliss-reactive ketones (excluding diaryl/α,β-unsaturated/α-hetero) is 1. The Morgan fingerprint density at radius 3 is 2.10 bits per heavy atom. The van der Waals surface area contributed by atoms with Crippen LogP contribution in [0, 0.1) is 5.41 Å². The number of sulfonamides is 1. The van der Waals surface area contributed by atoms with Gasteiger partial charge in [0.2, 0.25) is 10.0 Å². The highest BCUT2D eigenvalue weighted by Crippen LogP contribution is 2.25. The smallest absolute Gasteiger partial charge is 0.240 e. The Bertz CT molecular complexity index is 566. The first-order valence-electron chi connectivity index (χ1n) is 7.02. The van der Waals surface area contributed by atoms with Crippen molar-refractivity contribution in [2.75, 3.05) is 13.2 Å². The maximum Gasteiger partial charge on any atom is 0.240 e. The van der Waals surface area contributed by atoms with E-state index in [0.29, 0.717) is 18.4 Å². The third-order valence-corrected chi connectivity index (χ3v) is 5.46. The summed E-state index contributed by atoms with van der Waals surface area (Å²) < 4.78 is 27.0. The van der Waals surface area contributed by atoms with Gasteiger partial charge < -0.3 is 5.11 Å². The summed E-state index contributed by atoms with van der Waals surface area (Å²) >= 11 is 0. The van der Waals surface area contributed by atoms with Crippen LogP contribution >= 0.6 is 0 Å². The largest absolute Gasteiger partial charge is 0.396 e. The van der Waals surface area contributed by atoms with Gasteiger partial charge in [-0.25, -0.2) is 13.1 Å². The van der Waals surface area contributed by atoms with Crippen LogP contribution in [0.15, 0.2) is 29.2 Å². The molecule has 0 fully saturated rings. The predicted molar refractivity (Wildman–Crippen MR) is 81.7 cm³/mol. The van der Waals surface area contributed by atoms with Gasteiger partial charge in [0.25, 0.3) is 0 Å². The van der Waals surface area contributed by atoms with E-state index in [1.165, 1.54) is 31.2 Å². The Kier molecular flexibility index (Phi) is 6.07. The second kappa shape index (κ2) is 7.15. The molecular formula is C15H23NO4S. The molecule has 2 N–H and O–H groups in total. The molecule has 5 nitrogen and oxygen atoms in total. The number of aliphatic hydroxyl groups is 1. The van der Waals surface area contributed by atoms with Crippen molar-refractivity contribution in [1.29, 1.82) is 0 Å².